The van der Waals surface area contributed by atoms with E-state index in [0.717, 1.165) is 19.3 Å². The summed E-state index contributed by atoms with van der Waals surface area (Å²) in [4.78, 5) is 12.2. The Balaban J connectivity index is 1.83. The number of nitrogens with one attached hydrogen (secondary N) is 1. The van der Waals surface area contributed by atoms with Gasteiger partial charge >= 0.3 is 0 Å². The molecule has 0 aliphatic heterocycles. The molecular weight excluding hydrogens is 228 g/mol. The third kappa shape index (κ3) is 3.10. The van der Waals surface area contributed by atoms with Crippen LogP contribution in [-0.2, 0) is 11.3 Å². The van der Waals surface area contributed by atoms with E-state index in [1.54, 1.807) is 6.20 Å². The zero-order chi connectivity index (χ0) is 13.0. The second kappa shape index (κ2) is 6.00. The number of carbonyl (C=O) groups excluding carboxylic acids is 1. The maximum Gasteiger partial charge on any atom is 0.223 e. The van der Waals surface area contributed by atoms with E-state index < -0.39 is 0 Å². The van der Waals surface area contributed by atoms with Crippen molar-refractivity contribution in [2.75, 3.05) is 6.54 Å². The molecule has 1 aromatic heterocycles. The van der Waals surface area contributed by atoms with Gasteiger partial charge in [0.2, 0.25) is 5.91 Å². The zero-order valence-corrected chi connectivity index (χ0v) is 10.9. The van der Waals surface area contributed by atoms with Gasteiger partial charge in [0, 0.05) is 24.4 Å². The third-order valence-corrected chi connectivity index (χ3v) is 3.71. The molecule has 18 heavy (non-hydrogen) atoms. The Kier molecular flexibility index (Phi) is 4.36. The Morgan fingerprint density at radius 2 is 2.44 bits per heavy atom. The topological polar surface area (TPSA) is 72.9 Å². The number of hydrogen-bond acceptors (Lipinski definition) is 3. The minimum Gasteiger partial charge on any atom is -0.352 e. The molecule has 1 aliphatic carbocycles. The first-order chi connectivity index (χ1) is 8.70. The molecule has 5 heteroatoms. The lowest BCUT2D eigenvalue weighted by molar-refractivity contribution is -0.126. The maximum atomic E-state index is 12.2. The monoisotopic (exact) mass is 250 g/mol. The van der Waals surface area contributed by atoms with Crippen LogP contribution in [0.3, 0.4) is 0 Å². The summed E-state index contributed by atoms with van der Waals surface area (Å²) < 4.78 is 1.83. The van der Waals surface area contributed by atoms with Crippen LogP contribution in [0.1, 0.15) is 26.2 Å². The van der Waals surface area contributed by atoms with Gasteiger partial charge < -0.3 is 11.1 Å². The van der Waals surface area contributed by atoms with E-state index in [-0.39, 0.29) is 17.9 Å². The van der Waals surface area contributed by atoms with Gasteiger partial charge in [-0.3, -0.25) is 9.48 Å². The van der Waals surface area contributed by atoms with Crippen molar-refractivity contribution < 1.29 is 4.79 Å². The van der Waals surface area contributed by atoms with Crippen LogP contribution in [0.25, 0.3) is 0 Å². The summed E-state index contributed by atoms with van der Waals surface area (Å²) in [6.07, 6.45) is 6.83. The Labute approximate surface area is 108 Å². The van der Waals surface area contributed by atoms with Gasteiger partial charge in [-0.1, -0.05) is 6.42 Å². The van der Waals surface area contributed by atoms with Crippen molar-refractivity contribution in [3.63, 3.8) is 0 Å². The van der Waals surface area contributed by atoms with E-state index in [0.29, 0.717) is 19.0 Å². The van der Waals surface area contributed by atoms with Crippen LogP contribution in [0, 0.1) is 11.8 Å². The smallest absolute Gasteiger partial charge is 0.223 e. The highest BCUT2D eigenvalue weighted by Crippen LogP contribution is 2.30. The predicted octanol–water partition coefficient (Wildman–Crippen LogP) is 0.763. The average molecular weight is 250 g/mol. The minimum absolute atomic E-state index is 0.0939. The first-order valence-electron chi connectivity index (χ1n) is 6.68. The van der Waals surface area contributed by atoms with Gasteiger partial charge in [-0.15, -0.1) is 0 Å². The number of aromatic nitrogens is 2. The molecule has 100 valence electrons. The van der Waals surface area contributed by atoms with Crippen molar-refractivity contribution in [3.8, 4) is 0 Å². The highest BCUT2D eigenvalue weighted by atomic mass is 16.2. The van der Waals surface area contributed by atoms with Crippen LogP contribution in [0.4, 0.5) is 0 Å². The highest BCUT2D eigenvalue weighted by molar-refractivity contribution is 5.79. The summed E-state index contributed by atoms with van der Waals surface area (Å²) in [6, 6.07) is 1.98. The molecule has 1 heterocycles. The van der Waals surface area contributed by atoms with E-state index in [1.165, 1.54) is 0 Å². The molecule has 3 atom stereocenters. The van der Waals surface area contributed by atoms with E-state index in [1.807, 2.05) is 23.9 Å². The second-order valence-electron chi connectivity index (χ2n) is 5.17. The minimum atomic E-state index is 0.0939. The summed E-state index contributed by atoms with van der Waals surface area (Å²) in [7, 11) is 0. The number of carbonyl (C=O) groups is 1. The van der Waals surface area contributed by atoms with Crippen LogP contribution < -0.4 is 11.1 Å². The predicted molar refractivity (Wildman–Crippen MR) is 69.7 cm³/mol. The zero-order valence-electron chi connectivity index (χ0n) is 10.9. The highest BCUT2D eigenvalue weighted by Gasteiger charge is 2.32. The third-order valence-electron chi connectivity index (χ3n) is 3.71. The second-order valence-corrected chi connectivity index (χ2v) is 5.17. The fourth-order valence-electron chi connectivity index (χ4n) is 2.75. The molecule has 0 aromatic carbocycles. The van der Waals surface area contributed by atoms with Crippen molar-refractivity contribution >= 4 is 5.91 Å². The van der Waals surface area contributed by atoms with Crippen molar-refractivity contribution in [1.29, 1.82) is 0 Å². The Morgan fingerprint density at radius 1 is 1.61 bits per heavy atom. The van der Waals surface area contributed by atoms with Gasteiger partial charge in [0.1, 0.15) is 0 Å². The SMILES string of the molecule is CC(Cn1cccn1)NC(=O)[C@@H]1CCC[C@@H]1CN. The Hall–Kier alpha value is -1.36. The molecule has 1 aliphatic rings. The van der Waals surface area contributed by atoms with Crippen LogP contribution >= 0.6 is 0 Å². The van der Waals surface area contributed by atoms with Gasteiger partial charge in [-0.25, -0.2) is 0 Å². The maximum absolute atomic E-state index is 12.2. The first-order valence-corrected chi connectivity index (χ1v) is 6.68. The van der Waals surface area contributed by atoms with Gasteiger partial charge in [0.15, 0.2) is 0 Å². The summed E-state index contributed by atoms with van der Waals surface area (Å²) >= 11 is 0. The number of hydrogen-bond donors (Lipinski definition) is 2. The molecular formula is C13H22N4O. The molecule has 1 saturated carbocycles. The standard InChI is InChI=1S/C13H22N4O/c1-10(9-17-7-3-6-15-17)16-13(18)12-5-2-4-11(12)8-14/h3,6-7,10-12H,2,4-5,8-9,14H2,1H3,(H,16,18)/t10?,11-,12-/m1/s1. The molecule has 0 spiro atoms. The molecule has 0 radical (unpaired) electrons. The Bertz CT molecular complexity index is 376. The summed E-state index contributed by atoms with van der Waals surface area (Å²) in [5, 5.41) is 7.21. The first kappa shape index (κ1) is 13.1. The number of nitrogens with zero attached hydrogens (tertiary/aromatic N) is 2. The number of rotatable bonds is 5. The van der Waals surface area contributed by atoms with Gasteiger partial charge in [0.25, 0.3) is 0 Å². The normalized spacial score (nSPS) is 25.0. The van der Waals surface area contributed by atoms with E-state index in [9.17, 15) is 4.79 Å². The van der Waals surface area contributed by atoms with Gasteiger partial charge in [-0.2, -0.15) is 5.10 Å². The lowest BCUT2D eigenvalue weighted by Gasteiger charge is -2.20. The van der Waals surface area contributed by atoms with Crippen molar-refractivity contribution in [2.24, 2.45) is 17.6 Å². The molecule has 1 aromatic rings. The average Bonchev–Trinajstić information content (AvgIpc) is 2.97. The van der Waals surface area contributed by atoms with Crippen LogP contribution in [0.5, 0.6) is 0 Å². The summed E-state index contributed by atoms with van der Waals surface area (Å²) in [5.41, 5.74) is 5.71. The van der Waals surface area contributed by atoms with Crippen LogP contribution in [-0.4, -0.2) is 28.3 Å². The van der Waals surface area contributed by atoms with Crippen molar-refractivity contribution in [2.45, 2.75) is 38.8 Å². The number of amides is 1. The fraction of sp³-hybridized carbons (Fsp3) is 0.692. The molecule has 0 saturated heterocycles. The molecule has 5 nitrogen and oxygen atoms in total. The molecule has 1 unspecified atom stereocenters. The molecule has 3 N–H and O–H groups in total. The molecule has 1 amide bonds. The summed E-state index contributed by atoms with van der Waals surface area (Å²) in [5.74, 6) is 0.625. The molecule has 1 fully saturated rings. The van der Waals surface area contributed by atoms with E-state index in [2.05, 4.69) is 10.4 Å². The number of nitrogens with two attached hydrogens (primary N) is 1. The Morgan fingerprint density at radius 3 is 3.11 bits per heavy atom. The summed E-state index contributed by atoms with van der Waals surface area (Å²) in [6.45, 7) is 3.33. The van der Waals surface area contributed by atoms with E-state index >= 15 is 0 Å². The van der Waals surface area contributed by atoms with Crippen molar-refractivity contribution in [1.82, 2.24) is 15.1 Å². The van der Waals surface area contributed by atoms with Crippen LogP contribution in [0.15, 0.2) is 18.5 Å². The van der Waals surface area contributed by atoms with Gasteiger partial charge in [-0.05, 0) is 38.3 Å². The quantitative estimate of drug-likeness (QED) is 0.810. The molecule has 0 bridgehead atoms. The van der Waals surface area contributed by atoms with Crippen LogP contribution in [0.2, 0.25) is 0 Å². The largest absolute Gasteiger partial charge is 0.352 e. The van der Waals surface area contributed by atoms with E-state index in [4.69, 9.17) is 5.73 Å². The lowest BCUT2D eigenvalue weighted by atomic mass is 9.95. The fourth-order valence-corrected chi connectivity index (χ4v) is 2.75. The van der Waals surface area contributed by atoms with Crippen molar-refractivity contribution in [3.05, 3.63) is 18.5 Å². The molecule has 2 rings (SSSR count). The van der Waals surface area contributed by atoms with Gasteiger partial charge in [0.05, 0.1) is 6.54 Å². The lowest BCUT2D eigenvalue weighted by Crippen LogP contribution is -2.41.